The maximum absolute atomic E-state index is 12.8. The lowest BCUT2D eigenvalue weighted by molar-refractivity contribution is -0.302. The number of alkyl halides is 3. The van der Waals surface area contributed by atoms with E-state index in [1.54, 1.807) is 0 Å². The van der Waals surface area contributed by atoms with Crippen molar-refractivity contribution in [3.8, 4) is 0 Å². The summed E-state index contributed by atoms with van der Waals surface area (Å²) >= 11 is 0. The first kappa shape index (κ1) is 15.4. The third kappa shape index (κ3) is 3.03. The summed E-state index contributed by atoms with van der Waals surface area (Å²) in [5.41, 5.74) is -3.46. The van der Waals surface area contributed by atoms with Crippen molar-refractivity contribution in [2.24, 2.45) is 5.10 Å². The number of ether oxygens (including phenoxy) is 1. The van der Waals surface area contributed by atoms with Crippen molar-refractivity contribution < 1.29 is 32.6 Å². The second kappa shape index (κ2) is 5.16. The van der Waals surface area contributed by atoms with E-state index >= 15 is 0 Å². The van der Waals surface area contributed by atoms with Crippen LogP contribution in [-0.2, 0) is 14.3 Å². The maximum atomic E-state index is 12.8. The summed E-state index contributed by atoms with van der Waals surface area (Å²) in [5.74, 6) is -2.24. The van der Waals surface area contributed by atoms with Gasteiger partial charge in [-0.15, -0.1) is 0 Å². The third-order valence-electron chi connectivity index (χ3n) is 2.41. The van der Waals surface area contributed by atoms with Crippen LogP contribution in [0.1, 0.15) is 26.7 Å². The number of nitrogens with zero attached hydrogens (tertiary/aromatic N) is 2. The molecule has 0 bridgehead atoms. The number of rotatable bonds is 3. The van der Waals surface area contributed by atoms with Gasteiger partial charge in [0.05, 0.1) is 6.61 Å². The molecule has 0 aromatic heterocycles. The summed E-state index contributed by atoms with van der Waals surface area (Å²) in [6.45, 7) is 2.74. The first-order valence-corrected chi connectivity index (χ1v) is 5.43. The molecule has 0 spiro atoms. The van der Waals surface area contributed by atoms with Gasteiger partial charge in [-0.25, -0.2) is 0 Å². The monoisotopic (exact) mass is 282 g/mol. The molecular formula is C10H13F3N2O4. The van der Waals surface area contributed by atoms with Crippen molar-refractivity contribution in [3.63, 3.8) is 0 Å². The van der Waals surface area contributed by atoms with Crippen molar-refractivity contribution >= 4 is 17.6 Å². The van der Waals surface area contributed by atoms with Gasteiger partial charge in [0, 0.05) is 12.1 Å². The highest BCUT2D eigenvalue weighted by molar-refractivity contribution is 5.97. The number of amides is 1. The Balaban J connectivity index is 2.90. The Hall–Kier alpha value is -1.64. The number of hydrogen-bond donors (Lipinski definition) is 1. The van der Waals surface area contributed by atoms with Crippen LogP contribution in [0.25, 0.3) is 0 Å². The lowest BCUT2D eigenvalue weighted by atomic mass is 10.1. The molecule has 0 aliphatic carbocycles. The minimum Gasteiger partial charge on any atom is -0.466 e. The van der Waals surface area contributed by atoms with Crippen LogP contribution in [0, 0.1) is 0 Å². The molecule has 1 rings (SSSR count). The Labute approximate surface area is 106 Å². The number of hydrogen-bond acceptors (Lipinski definition) is 5. The Morgan fingerprint density at radius 1 is 1.53 bits per heavy atom. The zero-order chi connectivity index (χ0) is 14.8. The van der Waals surface area contributed by atoms with Gasteiger partial charge >= 0.3 is 12.1 Å². The van der Waals surface area contributed by atoms with Crippen LogP contribution >= 0.6 is 0 Å². The van der Waals surface area contributed by atoms with E-state index in [-0.39, 0.29) is 17.3 Å². The highest BCUT2D eigenvalue weighted by atomic mass is 19.4. The van der Waals surface area contributed by atoms with Crippen LogP contribution in [0.3, 0.4) is 0 Å². The van der Waals surface area contributed by atoms with Crippen molar-refractivity contribution in [1.29, 1.82) is 0 Å². The van der Waals surface area contributed by atoms with Crippen molar-refractivity contribution in [2.75, 3.05) is 6.61 Å². The molecule has 1 aliphatic rings. The van der Waals surface area contributed by atoms with Crippen molar-refractivity contribution in [1.82, 2.24) is 5.01 Å². The Morgan fingerprint density at radius 2 is 2.11 bits per heavy atom. The van der Waals surface area contributed by atoms with E-state index in [4.69, 9.17) is 0 Å². The number of hydrazone groups is 1. The lowest BCUT2D eigenvalue weighted by Gasteiger charge is -2.32. The second-order valence-electron chi connectivity index (χ2n) is 4.01. The molecule has 9 heteroatoms. The van der Waals surface area contributed by atoms with Gasteiger partial charge in [0.25, 0.3) is 11.6 Å². The van der Waals surface area contributed by atoms with E-state index in [0.29, 0.717) is 0 Å². The molecule has 0 fully saturated rings. The van der Waals surface area contributed by atoms with Crippen LogP contribution in [-0.4, -0.2) is 46.2 Å². The molecule has 19 heavy (non-hydrogen) atoms. The molecule has 1 amide bonds. The van der Waals surface area contributed by atoms with Crippen LogP contribution in [0.5, 0.6) is 0 Å². The van der Waals surface area contributed by atoms with Crippen LogP contribution in [0.15, 0.2) is 5.10 Å². The van der Waals surface area contributed by atoms with E-state index in [1.165, 1.54) is 13.8 Å². The SMILES string of the molecule is CCOC(=O)CC(=O)N1N=C(C)CC1(O)C(F)(F)F. The molecule has 6 nitrogen and oxygen atoms in total. The molecule has 1 aliphatic heterocycles. The number of esters is 1. The number of carbonyl (C=O) groups is 2. The zero-order valence-corrected chi connectivity index (χ0v) is 10.3. The number of aliphatic hydroxyl groups is 1. The van der Waals surface area contributed by atoms with Crippen LogP contribution < -0.4 is 0 Å². The number of halogens is 3. The summed E-state index contributed by atoms with van der Waals surface area (Å²) < 4.78 is 42.8. The highest BCUT2D eigenvalue weighted by Gasteiger charge is 2.62. The average molecular weight is 282 g/mol. The highest BCUT2D eigenvalue weighted by Crippen LogP contribution is 2.40. The fraction of sp³-hybridized carbons (Fsp3) is 0.700. The van der Waals surface area contributed by atoms with Gasteiger partial charge in [0.2, 0.25) is 0 Å². The molecule has 0 saturated heterocycles. The number of carbonyl (C=O) groups excluding carboxylic acids is 2. The van der Waals surface area contributed by atoms with E-state index in [9.17, 15) is 27.9 Å². The molecule has 1 heterocycles. The predicted molar refractivity (Wildman–Crippen MR) is 56.8 cm³/mol. The summed E-state index contributed by atoms with van der Waals surface area (Å²) in [7, 11) is 0. The van der Waals surface area contributed by atoms with Gasteiger partial charge < -0.3 is 9.84 Å². The van der Waals surface area contributed by atoms with E-state index in [2.05, 4.69) is 9.84 Å². The molecule has 108 valence electrons. The fourth-order valence-corrected chi connectivity index (χ4v) is 1.61. The lowest BCUT2D eigenvalue weighted by Crippen LogP contribution is -2.56. The fourth-order valence-electron chi connectivity index (χ4n) is 1.61. The van der Waals surface area contributed by atoms with Crippen LogP contribution in [0.2, 0.25) is 0 Å². The first-order valence-electron chi connectivity index (χ1n) is 5.43. The first-order chi connectivity index (χ1) is 8.61. The van der Waals surface area contributed by atoms with Gasteiger partial charge in [0.1, 0.15) is 6.42 Å². The molecule has 1 unspecified atom stereocenters. The minimum atomic E-state index is -5.07. The quantitative estimate of drug-likeness (QED) is 0.613. The molecule has 1 N–H and O–H groups in total. The summed E-state index contributed by atoms with van der Waals surface area (Å²) in [4.78, 5) is 22.7. The summed E-state index contributed by atoms with van der Waals surface area (Å²) in [6.07, 6.45) is -6.83. The summed E-state index contributed by atoms with van der Waals surface area (Å²) in [6, 6.07) is 0. The average Bonchev–Trinajstić information content (AvgIpc) is 2.54. The van der Waals surface area contributed by atoms with Crippen molar-refractivity contribution in [2.45, 2.75) is 38.6 Å². The minimum absolute atomic E-state index is 0.00204. The second-order valence-corrected chi connectivity index (χ2v) is 4.01. The standard InChI is InChI=1S/C10H13F3N2O4/c1-3-19-8(17)4-7(16)15-9(18,10(11,12)13)5-6(2)14-15/h18H,3-5H2,1-2H3. The Morgan fingerprint density at radius 3 is 2.58 bits per heavy atom. The summed E-state index contributed by atoms with van der Waals surface area (Å²) in [5, 5.41) is 12.8. The maximum Gasteiger partial charge on any atom is 0.438 e. The van der Waals surface area contributed by atoms with Gasteiger partial charge in [-0.05, 0) is 13.8 Å². The van der Waals surface area contributed by atoms with Gasteiger partial charge in [-0.2, -0.15) is 23.3 Å². The molecular weight excluding hydrogens is 269 g/mol. The molecule has 0 saturated carbocycles. The molecule has 0 radical (unpaired) electrons. The smallest absolute Gasteiger partial charge is 0.438 e. The van der Waals surface area contributed by atoms with Crippen molar-refractivity contribution in [3.05, 3.63) is 0 Å². The molecule has 0 aromatic rings. The zero-order valence-electron chi connectivity index (χ0n) is 10.3. The van der Waals surface area contributed by atoms with E-state index in [0.717, 1.165) is 0 Å². The van der Waals surface area contributed by atoms with Gasteiger partial charge in [-0.3, -0.25) is 9.59 Å². The normalized spacial score (nSPS) is 23.3. The molecule has 0 aromatic carbocycles. The Bertz CT molecular complexity index is 421. The molecule has 1 atom stereocenters. The van der Waals surface area contributed by atoms with E-state index in [1.807, 2.05) is 0 Å². The largest absolute Gasteiger partial charge is 0.466 e. The predicted octanol–water partition coefficient (Wildman–Crippen LogP) is 0.799. The van der Waals surface area contributed by atoms with Gasteiger partial charge in [-0.1, -0.05) is 0 Å². The van der Waals surface area contributed by atoms with E-state index < -0.39 is 36.6 Å². The third-order valence-corrected chi connectivity index (χ3v) is 2.41. The Kier molecular flexibility index (Phi) is 4.18. The van der Waals surface area contributed by atoms with Gasteiger partial charge in [0.15, 0.2) is 0 Å². The van der Waals surface area contributed by atoms with Crippen LogP contribution in [0.4, 0.5) is 13.2 Å². The topological polar surface area (TPSA) is 79.2 Å².